The first-order valence-electron chi connectivity index (χ1n) is 7.32. The molecule has 1 heterocycles. The fourth-order valence-corrected chi connectivity index (χ4v) is 4.55. The summed E-state index contributed by atoms with van der Waals surface area (Å²) in [4.78, 5) is 11.8. The van der Waals surface area contributed by atoms with Crippen LogP contribution in [0.4, 0.5) is 0 Å². The summed E-state index contributed by atoms with van der Waals surface area (Å²) < 4.78 is 22.7. The van der Waals surface area contributed by atoms with Gasteiger partial charge in [-0.05, 0) is 37.0 Å². The number of hydrogen-bond acceptors (Lipinski definition) is 4. The number of benzene rings is 1. The zero-order valence-corrected chi connectivity index (χ0v) is 14.1. The normalized spacial score (nSPS) is 21.5. The summed E-state index contributed by atoms with van der Waals surface area (Å²) in [6, 6.07) is 7.50. The van der Waals surface area contributed by atoms with Gasteiger partial charge < -0.3 is 10.6 Å². The van der Waals surface area contributed by atoms with E-state index in [0.717, 1.165) is 5.56 Å². The zero-order chi connectivity index (χ0) is 16.2. The molecule has 7 heteroatoms. The van der Waals surface area contributed by atoms with E-state index >= 15 is 0 Å². The zero-order valence-electron chi connectivity index (χ0n) is 12.5. The van der Waals surface area contributed by atoms with Gasteiger partial charge in [0.25, 0.3) is 0 Å². The predicted octanol–water partition coefficient (Wildman–Crippen LogP) is 1.54. The third-order valence-corrected chi connectivity index (χ3v) is 5.90. The molecule has 0 spiro atoms. The van der Waals surface area contributed by atoms with Crippen molar-refractivity contribution in [3.8, 4) is 0 Å². The molecule has 5 nitrogen and oxygen atoms in total. The minimum absolute atomic E-state index is 0.0105. The lowest BCUT2D eigenvalue weighted by Crippen LogP contribution is -2.37. The van der Waals surface area contributed by atoms with E-state index < -0.39 is 9.84 Å². The van der Waals surface area contributed by atoms with E-state index in [1.165, 1.54) is 0 Å². The molecule has 122 valence electrons. The van der Waals surface area contributed by atoms with Gasteiger partial charge in [-0.2, -0.15) is 0 Å². The van der Waals surface area contributed by atoms with Crippen molar-refractivity contribution in [2.24, 2.45) is 5.92 Å². The Hall–Kier alpha value is -1.11. The van der Waals surface area contributed by atoms with E-state index in [2.05, 4.69) is 10.6 Å². The Bertz CT molecular complexity index is 633. The van der Waals surface area contributed by atoms with Crippen molar-refractivity contribution in [1.29, 1.82) is 0 Å². The average molecular weight is 345 g/mol. The molecule has 1 fully saturated rings. The molecule has 1 aliphatic heterocycles. The molecule has 1 amide bonds. The third-order valence-electron chi connectivity index (χ3n) is 3.83. The van der Waals surface area contributed by atoms with Crippen LogP contribution in [0.2, 0.25) is 5.02 Å². The molecular weight excluding hydrogens is 324 g/mol. The van der Waals surface area contributed by atoms with Gasteiger partial charge in [0.1, 0.15) is 0 Å². The van der Waals surface area contributed by atoms with Gasteiger partial charge in [0, 0.05) is 17.6 Å². The fraction of sp³-hybridized carbons (Fsp3) is 0.533. The van der Waals surface area contributed by atoms with E-state index in [4.69, 9.17) is 11.6 Å². The molecular formula is C15H21ClN2O3S. The molecule has 2 N–H and O–H groups in total. The molecule has 1 aromatic carbocycles. The van der Waals surface area contributed by atoms with Crippen LogP contribution in [0.5, 0.6) is 0 Å². The van der Waals surface area contributed by atoms with Gasteiger partial charge >= 0.3 is 0 Å². The maximum atomic E-state index is 11.8. The lowest BCUT2D eigenvalue weighted by Gasteiger charge is -2.15. The van der Waals surface area contributed by atoms with Crippen molar-refractivity contribution in [3.63, 3.8) is 0 Å². The second kappa shape index (κ2) is 7.44. The third kappa shape index (κ3) is 5.26. The van der Waals surface area contributed by atoms with Gasteiger partial charge in [0.15, 0.2) is 9.84 Å². The van der Waals surface area contributed by atoms with Gasteiger partial charge in [-0.3, -0.25) is 4.79 Å². The number of halogens is 1. The number of hydrogen-bond donors (Lipinski definition) is 2. The first-order valence-corrected chi connectivity index (χ1v) is 9.51. The van der Waals surface area contributed by atoms with E-state index in [1.54, 1.807) is 6.07 Å². The summed E-state index contributed by atoms with van der Waals surface area (Å²) in [5, 5.41) is 6.58. The summed E-state index contributed by atoms with van der Waals surface area (Å²) >= 11 is 5.94. The number of nitrogens with one attached hydrogen (secondary N) is 2. The Labute approximate surface area is 136 Å². The molecule has 0 aliphatic carbocycles. The largest absolute Gasteiger partial charge is 0.355 e. The second-order valence-corrected chi connectivity index (χ2v) is 8.40. The fourth-order valence-electron chi connectivity index (χ4n) is 2.49. The summed E-state index contributed by atoms with van der Waals surface area (Å²) in [7, 11) is -2.89. The van der Waals surface area contributed by atoms with Crippen LogP contribution in [0.1, 0.15) is 24.9 Å². The molecule has 1 aromatic rings. The number of amides is 1. The standard InChI is InChI=1S/C15H21ClN2O3S/c1-11(13-3-2-4-14(16)7-13)17-9-15(19)18-8-12-5-6-22(20,21)10-12/h2-4,7,11-12,17H,5-6,8-10H2,1H3,(H,18,19)/t11-,12+/m0/s1. The smallest absolute Gasteiger partial charge is 0.233 e. The lowest BCUT2D eigenvalue weighted by atomic mass is 10.1. The Morgan fingerprint density at radius 3 is 2.86 bits per heavy atom. The van der Waals surface area contributed by atoms with Crippen LogP contribution in [0.3, 0.4) is 0 Å². The Kier molecular flexibility index (Phi) is 5.83. The predicted molar refractivity (Wildman–Crippen MR) is 87.6 cm³/mol. The Morgan fingerprint density at radius 2 is 2.23 bits per heavy atom. The molecule has 0 bridgehead atoms. The summed E-state index contributed by atoms with van der Waals surface area (Å²) in [5.74, 6) is 0.328. The van der Waals surface area contributed by atoms with Crippen LogP contribution in [0.25, 0.3) is 0 Å². The lowest BCUT2D eigenvalue weighted by molar-refractivity contribution is -0.120. The van der Waals surface area contributed by atoms with E-state index in [0.29, 0.717) is 18.0 Å². The van der Waals surface area contributed by atoms with Gasteiger partial charge in [0.05, 0.1) is 18.1 Å². The van der Waals surface area contributed by atoms with Crippen LogP contribution in [-0.4, -0.2) is 38.9 Å². The molecule has 2 rings (SSSR count). The van der Waals surface area contributed by atoms with Crippen LogP contribution in [0, 0.1) is 5.92 Å². The van der Waals surface area contributed by atoms with Crippen molar-refractivity contribution < 1.29 is 13.2 Å². The van der Waals surface area contributed by atoms with Crippen molar-refractivity contribution in [2.75, 3.05) is 24.6 Å². The SMILES string of the molecule is C[C@H](NCC(=O)NC[C@H]1CCS(=O)(=O)C1)c1cccc(Cl)c1. The Balaban J connectivity index is 1.71. The van der Waals surface area contributed by atoms with Crippen LogP contribution < -0.4 is 10.6 Å². The second-order valence-electron chi connectivity index (χ2n) is 5.73. The monoisotopic (exact) mass is 344 g/mol. The minimum atomic E-state index is -2.89. The maximum absolute atomic E-state index is 11.8. The molecule has 0 unspecified atom stereocenters. The highest BCUT2D eigenvalue weighted by molar-refractivity contribution is 7.91. The van der Waals surface area contributed by atoms with Crippen LogP contribution >= 0.6 is 11.6 Å². The van der Waals surface area contributed by atoms with Gasteiger partial charge in [-0.25, -0.2) is 8.42 Å². The quantitative estimate of drug-likeness (QED) is 0.821. The van der Waals surface area contributed by atoms with Gasteiger partial charge in [-0.15, -0.1) is 0 Å². The van der Waals surface area contributed by atoms with E-state index in [9.17, 15) is 13.2 Å². The molecule has 0 aromatic heterocycles. The highest BCUT2D eigenvalue weighted by Gasteiger charge is 2.27. The molecule has 0 radical (unpaired) electrons. The number of sulfone groups is 1. The molecule has 0 saturated carbocycles. The van der Waals surface area contributed by atoms with Crippen molar-refractivity contribution in [1.82, 2.24) is 10.6 Å². The molecule has 1 aliphatic rings. The van der Waals surface area contributed by atoms with Gasteiger partial charge in [-0.1, -0.05) is 23.7 Å². The topological polar surface area (TPSA) is 75.3 Å². The minimum Gasteiger partial charge on any atom is -0.355 e. The van der Waals surface area contributed by atoms with Crippen molar-refractivity contribution in [2.45, 2.75) is 19.4 Å². The number of rotatable bonds is 6. The summed E-state index contributed by atoms with van der Waals surface area (Å²) in [6.45, 7) is 2.57. The molecule has 22 heavy (non-hydrogen) atoms. The highest BCUT2D eigenvalue weighted by atomic mass is 35.5. The van der Waals surface area contributed by atoms with Crippen LogP contribution in [0.15, 0.2) is 24.3 Å². The van der Waals surface area contributed by atoms with Gasteiger partial charge in [0.2, 0.25) is 5.91 Å². The average Bonchev–Trinajstić information content (AvgIpc) is 2.82. The van der Waals surface area contributed by atoms with E-state index in [-0.39, 0.29) is 35.9 Å². The number of carbonyl (C=O) groups excluding carboxylic acids is 1. The summed E-state index contributed by atoms with van der Waals surface area (Å²) in [6.07, 6.45) is 0.634. The number of carbonyl (C=O) groups is 1. The Morgan fingerprint density at radius 1 is 1.45 bits per heavy atom. The van der Waals surface area contributed by atoms with Crippen molar-refractivity contribution >= 4 is 27.3 Å². The molecule has 2 atom stereocenters. The maximum Gasteiger partial charge on any atom is 0.233 e. The first kappa shape index (κ1) is 17.2. The van der Waals surface area contributed by atoms with Crippen molar-refractivity contribution in [3.05, 3.63) is 34.9 Å². The highest BCUT2D eigenvalue weighted by Crippen LogP contribution is 2.18. The first-order chi connectivity index (χ1) is 10.4. The van der Waals surface area contributed by atoms with E-state index in [1.807, 2.05) is 25.1 Å². The summed E-state index contributed by atoms with van der Waals surface area (Å²) in [5.41, 5.74) is 1.02. The van der Waals surface area contributed by atoms with Crippen LogP contribution in [-0.2, 0) is 14.6 Å². The molecule has 1 saturated heterocycles.